The molecule has 3 aromatic rings. The maximum Gasteiger partial charge on any atom is 0.573 e. The van der Waals surface area contributed by atoms with E-state index in [-0.39, 0.29) is 30.3 Å². The molecule has 0 N–H and O–H groups in total. The fourth-order valence-electron chi connectivity index (χ4n) is 4.98. The van der Waals surface area contributed by atoms with Gasteiger partial charge in [-0.25, -0.2) is 0 Å². The van der Waals surface area contributed by atoms with Gasteiger partial charge < -0.3 is 34.0 Å². The number of ether oxygens (including phenoxy) is 4. The van der Waals surface area contributed by atoms with Crippen LogP contribution in [0.3, 0.4) is 0 Å². The predicted molar refractivity (Wildman–Crippen MR) is 133 cm³/mol. The Hall–Kier alpha value is -4.00. The molecule has 10 nitrogen and oxygen atoms in total. The van der Waals surface area contributed by atoms with Crippen molar-refractivity contribution in [3.63, 3.8) is 0 Å². The Morgan fingerprint density at radius 1 is 1.08 bits per heavy atom. The van der Waals surface area contributed by atoms with Crippen LogP contribution in [0.4, 0.5) is 24.7 Å². The van der Waals surface area contributed by atoms with E-state index < -0.39 is 16.9 Å². The average molecular weight is 549 g/mol. The second-order valence-electron chi connectivity index (χ2n) is 9.42. The van der Waals surface area contributed by atoms with Gasteiger partial charge in [0.25, 0.3) is 0 Å². The zero-order chi connectivity index (χ0) is 27.6. The number of alkyl halides is 3. The van der Waals surface area contributed by atoms with Gasteiger partial charge in [0.2, 0.25) is 0 Å². The highest BCUT2D eigenvalue weighted by molar-refractivity contribution is 5.50. The molecule has 0 spiro atoms. The van der Waals surface area contributed by atoms with E-state index in [9.17, 15) is 23.3 Å². The highest BCUT2D eigenvalue weighted by Crippen LogP contribution is 2.39. The number of methoxy groups -OCH3 is 1. The number of aromatic nitrogens is 2. The smallest absolute Gasteiger partial charge is 0.490 e. The van der Waals surface area contributed by atoms with Crippen LogP contribution in [0.1, 0.15) is 24.8 Å². The van der Waals surface area contributed by atoms with Gasteiger partial charge in [0.05, 0.1) is 5.60 Å². The van der Waals surface area contributed by atoms with E-state index >= 15 is 0 Å². The summed E-state index contributed by atoms with van der Waals surface area (Å²) in [5, 5.41) is 10.9. The van der Waals surface area contributed by atoms with Gasteiger partial charge in [0, 0.05) is 43.8 Å². The van der Waals surface area contributed by atoms with Gasteiger partial charge in [-0.2, -0.15) is 0 Å². The first-order chi connectivity index (χ1) is 18.6. The van der Waals surface area contributed by atoms with Crippen LogP contribution in [0.2, 0.25) is 0 Å². The lowest BCUT2D eigenvalue weighted by Crippen LogP contribution is -2.43. The zero-order valence-electron chi connectivity index (χ0n) is 21.1. The topological polar surface area (TPSA) is 101 Å². The molecular formula is C26H27F3N4O6. The van der Waals surface area contributed by atoms with Crippen molar-refractivity contribution in [3.8, 4) is 17.5 Å². The summed E-state index contributed by atoms with van der Waals surface area (Å²) in [6.45, 7) is 2.24. The maximum absolute atomic E-state index is 12.5. The number of benzene rings is 2. The number of piperidine rings is 1. The van der Waals surface area contributed by atoms with Crippen LogP contribution >= 0.6 is 0 Å². The summed E-state index contributed by atoms with van der Waals surface area (Å²) in [6.07, 6.45) is -1.66. The predicted octanol–water partition coefficient (Wildman–Crippen LogP) is 5.06. The standard InChI is InChI=1S/C26H27F3N4O6/c1-36-25(18-2-6-21(7-3-18)39-26(27,28)29)11-14-31(15-12-25)19-4-8-20(9-5-19)37-17-22-10-13-32-16-23(33(34)35)30-24(32)38-22/h2-9,16,22H,10-15,17H2,1H3. The minimum absolute atomic E-state index is 0.222. The Morgan fingerprint density at radius 3 is 2.36 bits per heavy atom. The lowest BCUT2D eigenvalue weighted by atomic mass is 9.84. The van der Waals surface area contributed by atoms with Gasteiger partial charge in [-0.15, -0.1) is 13.2 Å². The first kappa shape index (κ1) is 26.6. The minimum atomic E-state index is -4.73. The lowest BCUT2D eigenvalue weighted by molar-refractivity contribution is -0.389. The largest absolute Gasteiger partial charge is 0.573 e. The number of nitrogens with zero attached hydrogens (tertiary/aromatic N) is 4. The van der Waals surface area contributed by atoms with Crippen molar-refractivity contribution < 1.29 is 37.0 Å². The van der Waals surface area contributed by atoms with Crippen LogP contribution in [0, 0.1) is 10.1 Å². The fourth-order valence-corrected chi connectivity index (χ4v) is 4.98. The Balaban J connectivity index is 1.14. The van der Waals surface area contributed by atoms with Crippen molar-refractivity contribution in [3.05, 3.63) is 70.4 Å². The number of imidazole rings is 1. The van der Waals surface area contributed by atoms with E-state index in [0.717, 1.165) is 11.3 Å². The third-order valence-corrected chi connectivity index (χ3v) is 7.09. The monoisotopic (exact) mass is 548 g/mol. The first-order valence-corrected chi connectivity index (χ1v) is 12.4. The SMILES string of the molecule is COC1(c2ccc(OC(F)(F)F)cc2)CCN(c2ccc(OCC3CCn4cc([N+](=O)[O-])nc4O3)cc2)CC1. The Labute approximate surface area is 222 Å². The molecule has 1 fully saturated rings. The first-order valence-electron chi connectivity index (χ1n) is 12.4. The number of aryl methyl sites for hydroxylation is 1. The Morgan fingerprint density at radius 2 is 1.74 bits per heavy atom. The van der Waals surface area contributed by atoms with E-state index in [0.29, 0.717) is 44.6 Å². The van der Waals surface area contributed by atoms with Gasteiger partial charge in [-0.3, -0.25) is 4.57 Å². The molecule has 13 heteroatoms. The van der Waals surface area contributed by atoms with Crippen molar-refractivity contribution in [2.45, 2.75) is 43.9 Å². The highest BCUT2D eigenvalue weighted by atomic mass is 19.4. The van der Waals surface area contributed by atoms with Crippen LogP contribution in [0.15, 0.2) is 54.7 Å². The summed E-state index contributed by atoms with van der Waals surface area (Å²) in [6, 6.07) is 13.8. The summed E-state index contributed by atoms with van der Waals surface area (Å²) in [7, 11) is 1.62. The molecular weight excluding hydrogens is 521 g/mol. The minimum Gasteiger partial charge on any atom is -0.490 e. The Kier molecular flexibility index (Phi) is 7.25. The van der Waals surface area contributed by atoms with Crippen LogP contribution in [-0.4, -0.2) is 53.7 Å². The third kappa shape index (κ3) is 6.03. The van der Waals surface area contributed by atoms with Gasteiger partial charge in [0.1, 0.15) is 30.4 Å². The lowest BCUT2D eigenvalue weighted by Gasteiger charge is -2.42. The van der Waals surface area contributed by atoms with Crippen LogP contribution in [0.5, 0.6) is 17.5 Å². The van der Waals surface area contributed by atoms with E-state index in [1.54, 1.807) is 23.8 Å². The molecule has 3 heterocycles. The number of nitro groups is 1. The molecule has 2 aromatic carbocycles. The van der Waals surface area contributed by atoms with E-state index in [1.165, 1.54) is 18.3 Å². The fraction of sp³-hybridized carbons (Fsp3) is 0.423. The molecule has 0 radical (unpaired) electrons. The molecule has 1 saturated heterocycles. The van der Waals surface area contributed by atoms with E-state index in [2.05, 4.69) is 14.6 Å². The van der Waals surface area contributed by atoms with Crippen LogP contribution in [0.25, 0.3) is 0 Å². The number of hydrogen-bond donors (Lipinski definition) is 0. The Bertz CT molecular complexity index is 1290. The van der Waals surface area contributed by atoms with Crippen molar-refractivity contribution >= 4 is 11.5 Å². The van der Waals surface area contributed by atoms with Gasteiger partial charge in [-0.05, 0) is 59.7 Å². The third-order valence-electron chi connectivity index (χ3n) is 7.09. The van der Waals surface area contributed by atoms with E-state index in [4.69, 9.17) is 14.2 Å². The highest BCUT2D eigenvalue weighted by Gasteiger charge is 2.37. The second kappa shape index (κ2) is 10.6. The molecule has 2 aliphatic rings. The van der Waals surface area contributed by atoms with Crippen LogP contribution < -0.4 is 19.1 Å². The molecule has 39 heavy (non-hydrogen) atoms. The number of rotatable bonds is 8. The van der Waals surface area contributed by atoms with Crippen molar-refractivity contribution in [1.82, 2.24) is 9.55 Å². The summed E-state index contributed by atoms with van der Waals surface area (Å²) in [5.74, 6) is 0.172. The molecule has 1 atom stereocenters. The molecule has 2 aliphatic heterocycles. The molecule has 1 aromatic heterocycles. The van der Waals surface area contributed by atoms with Crippen molar-refractivity contribution in [1.29, 1.82) is 0 Å². The molecule has 208 valence electrons. The van der Waals surface area contributed by atoms with Gasteiger partial charge in [-0.1, -0.05) is 12.1 Å². The summed E-state index contributed by atoms with van der Waals surface area (Å²) >= 11 is 0. The van der Waals surface area contributed by atoms with Crippen LogP contribution in [-0.2, 0) is 16.9 Å². The number of anilines is 1. The quantitative estimate of drug-likeness (QED) is 0.284. The van der Waals surface area contributed by atoms with Crippen molar-refractivity contribution in [2.24, 2.45) is 0 Å². The van der Waals surface area contributed by atoms with E-state index in [1.807, 2.05) is 24.3 Å². The molecule has 5 rings (SSSR count). The van der Waals surface area contributed by atoms with Crippen molar-refractivity contribution in [2.75, 3.05) is 31.7 Å². The summed E-state index contributed by atoms with van der Waals surface area (Å²) in [4.78, 5) is 16.5. The molecule has 0 aliphatic carbocycles. The maximum atomic E-state index is 12.5. The number of halogens is 3. The number of hydrogen-bond acceptors (Lipinski definition) is 8. The molecule has 0 amide bonds. The average Bonchev–Trinajstić information content (AvgIpc) is 3.36. The normalized spacial score (nSPS) is 18.7. The van der Waals surface area contributed by atoms with Gasteiger partial charge >= 0.3 is 18.2 Å². The number of fused-ring (bicyclic) bond motifs is 1. The molecule has 0 saturated carbocycles. The molecule has 0 bridgehead atoms. The zero-order valence-corrected chi connectivity index (χ0v) is 21.1. The second-order valence-corrected chi connectivity index (χ2v) is 9.42. The van der Waals surface area contributed by atoms with Gasteiger partial charge in [0.15, 0.2) is 0 Å². The summed E-state index contributed by atoms with van der Waals surface area (Å²) < 4.78 is 60.5. The summed E-state index contributed by atoms with van der Waals surface area (Å²) in [5.41, 5.74) is 1.24. The molecule has 1 unspecified atom stereocenters.